The summed E-state index contributed by atoms with van der Waals surface area (Å²) in [7, 11) is 0. The van der Waals surface area contributed by atoms with Crippen LogP contribution < -0.4 is 0 Å². The van der Waals surface area contributed by atoms with Crippen molar-refractivity contribution in [3.05, 3.63) is 23.8 Å². The first-order chi connectivity index (χ1) is 7.33. The molecule has 0 radical (unpaired) electrons. The Bertz CT molecular complexity index is 354. The summed E-state index contributed by atoms with van der Waals surface area (Å²) in [5.74, 6) is 0.461. The van der Waals surface area contributed by atoms with Gasteiger partial charge >= 0.3 is 5.97 Å². The van der Waals surface area contributed by atoms with Crippen LogP contribution in [0.25, 0.3) is 0 Å². The minimum Gasteiger partial charge on any atom is -0.461 e. The second-order valence-electron chi connectivity index (χ2n) is 4.82. The first kappa shape index (κ1) is 9.20. The minimum absolute atomic E-state index is 0.00136. The Morgan fingerprint density at radius 1 is 1.40 bits per heavy atom. The van der Waals surface area contributed by atoms with Gasteiger partial charge in [0.05, 0.1) is 5.41 Å². The summed E-state index contributed by atoms with van der Waals surface area (Å²) < 4.78 is 5.12. The van der Waals surface area contributed by atoms with E-state index in [1.54, 1.807) is 0 Å². The summed E-state index contributed by atoms with van der Waals surface area (Å²) in [6, 6.07) is 0. The zero-order valence-electron chi connectivity index (χ0n) is 8.87. The molecule has 1 fully saturated rings. The summed E-state index contributed by atoms with van der Waals surface area (Å²) >= 11 is 0. The van der Waals surface area contributed by atoms with E-state index in [4.69, 9.17) is 4.74 Å². The van der Waals surface area contributed by atoms with E-state index < -0.39 is 0 Å². The molecule has 3 aliphatic rings. The number of carbonyl (C=O) groups is 1. The Morgan fingerprint density at radius 3 is 3.07 bits per heavy atom. The molecule has 0 aromatic heterocycles. The van der Waals surface area contributed by atoms with Gasteiger partial charge in [-0.25, -0.2) is 0 Å². The molecule has 2 aliphatic carbocycles. The zero-order chi connectivity index (χ0) is 10.3. The lowest BCUT2D eigenvalue weighted by Crippen LogP contribution is -2.23. The quantitative estimate of drug-likeness (QED) is 0.485. The molecular weight excluding hydrogens is 188 g/mol. The molecule has 2 nitrogen and oxygen atoms in total. The molecule has 1 heterocycles. The van der Waals surface area contributed by atoms with Crippen molar-refractivity contribution in [1.82, 2.24) is 0 Å². The molecule has 1 spiro atoms. The van der Waals surface area contributed by atoms with Crippen molar-refractivity contribution < 1.29 is 9.53 Å². The average molecular weight is 204 g/mol. The van der Waals surface area contributed by atoms with Crippen molar-refractivity contribution in [2.24, 2.45) is 11.3 Å². The Balaban J connectivity index is 1.81. The van der Waals surface area contributed by atoms with Crippen molar-refractivity contribution in [2.75, 3.05) is 6.61 Å². The topological polar surface area (TPSA) is 26.3 Å². The third-order valence-corrected chi connectivity index (χ3v) is 3.88. The van der Waals surface area contributed by atoms with Gasteiger partial charge in [-0.15, -0.1) is 0 Å². The highest BCUT2D eigenvalue weighted by molar-refractivity contribution is 5.85. The van der Waals surface area contributed by atoms with E-state index in [2.05, 4.69) is 12.2 Å². The van der Waals surface area contributed by atoms with Gasteiger partial charge in [0.15, 0.2) is 0 Å². The molecule has 0 saturated heterocycles. The molecule has 0 aromatic rings. The fourth-order valence-corrected chi connectivity index (χ4v) is 2.91. The molecule has 0 unspecified atom stereocenters. The Labute approximate surface area is 90.0 Å². The average Bonchev–Trinajstić information content (AvgIpc) is 3.00. The maximum atomic E-state index is 11.7. The second-order valence-corrected chi connectivity index (χ2v) is 4.82. The molecule has 2 atom stereocenters. The normalized spacial score (nSPS) is 38.8. The van der Waals surface area contributed by atoms with Gasteiger partial charge < -0.3 is 4.74 Å². The van der Waals surface area contributed by atoms with Crippen molar-refractivity contribution in [3.8, 4) is 0 Å². The number of ether oxygens (including phenoxy) is 1. The summed E-state index contributed by atoms with van der Waals surface area (Å²) in [4.78, 5) is 11.7. The number of hydrogen-bond donors (Lipinski definition) is 0. The lowest BCUT2D eigenvalue weighted by atomic mass is 9.90. The number of allylic oxidation sites excluding steroid dienone is 2. The van der Waals surface area contributed by atoms with Crippen LogP contribution in [0.4, 0.5) is 0 Å². The molecule has 80 valence electrons. The van der Waals surface area contributed by atoms with E-state index >= 15 is 0 Å². The van der Waals surface area contributed by atoms with Crippen LogP contribution in [-0.4, -0.2) is 12.6 Å². The van der Waals surface area contributed by atoms with Crippen LogP contribution in [0.3, 0.4) is 0 Å². The zero-order valence-corrected chi connectivity index (χ0v) is 8.87. The number of carbonyl (C=O) groups excluding carboxylic acids is 1. The van der Waals surface area contributed by atoms with Gasteiger partial charge in [-0.2, -0.15) is 0 Å². The molecule has 0 bridgehead atoms. The molecule has 3 rings (SSSR count). The SMILES string of the molecule is O=C1OCC=C[C@]12C[C@H]2C1=CCCCC1. The standard InChI is InChI=1S/C13H16O2/c14-12-13(7-4-8-15-12)9-11(13)10-5-2-1-3-6-10/h4-5,7,11H,1-3,6,8-9H2/t11-,13+/m0/s1. The van der Waals surface area contributed by atoms with Gasteiger partial charge in [0, 0.05) is 5.92 Å². The highest BCUT2D eigenvalue weighted by atomic mass is 16.5. The number of cyclic esters (lactones) is 1. The van der Waals surface area contributed by atoms with Gasteiger partial charge in [-0.3, -0.25) is 4.79 Å². The van der Waals surface area contributed by atoms with Crippen LogP contribution >= 0.6 is 0 Å². The van der Waals surface area contributed by atoms with E-state index in [-0.39, 0.29) is 11.4 Å². The van der Waals surface area contributed by atoms with Crippen molar-refractivity contribution in [3.63, 3.8) is 0 Å². The second kappa shape index (κ2) is 3.22. The molecule has 0 aromatic carbocycles. The highest BCUT2D eigenvalue weighted by Gasteiger charge is 2.61. The summed E-state index contributed by atoms with van der Waals surface area (Å²) in [5.41, 5.74) is 1.26. The van der Waals surface area contributed by atoms with Crippen LogP contribution in [0.5, 0.6) is 0 Å². The monoisotopic (exact) mass is 204 g/mol. The Hall–Kier alpha value is -1.05. The minimum atomic E-state index is -0.249. The maximum Gasteiger partial charge on any atom is 0.316 e. The lowest BCUT2D eigenvalue weighted by Gasteiger charge is -2.19. The Kier molecular flexibility index (Phi) is 1.98. The first-order valence-electron chi connectivity index (χ1n) is 5.87. The number of esters is 1. The number of hydrogen-bond acceptors (Lipinski definition) is 2. The molecule has 0 N–H and O–H groups in total. The van der Waals surface area contributed by atoms with Crippen LogP contribution in [0.2, 0.25) is 0 Å². The first-order valence-corrected chi connectivity index (χ1v) is 5.87. The molecule has 15 heavy (non-hydrogen) atoms. The van der Waals surface area contributed by atoms with Gasteiger partial charge in [-0.05, 0) is 32.1 Å². The van der Waals surface area contributed by atoms with Crippen molar-refractivity contribution >= 4 is 5.97 Å². The van der Waals surface area contributed by atoms with E-state index in [0.29, 0.717) is 12.5 Å². The fourth-order valence-electron chi connectivity index (χ4n) is 2.91. The van der Waals surface area contributed by atoms with Gasteiger partial charge in [0.25, 0.3) is 0 Å². The lowest BCUT2D eigenvalue weighted by molar-refractivity contribution is -0.148. The summed E-state index contributed by atoms with van der Waals surface area (Å²) in [5, 5.41) is 0. The van der Waals surface area contributed by atoms with Gasteiger partial charge in [-0.1, -0.05) is 23.8 Å². The molecule has 1 saturated carbocycles. The third-order valence-electron chi connectivity index (χ3n) is 3.88. The third kappa shape index (κ3) is 1.35. The Morgan fingerprint density at radius 2 is 2.33 bits per heavy atom. The van der Waals surface area contributed by atoms with Gasteiger partial charge in [0.1, 0.15) is 6.61 Å². The van der Waals surface area contributed by atoms with Crippen LogP contribution in [0.1, 0.15) is 32.1 Å². The molecule has 1 aliphatic heterocycles. The van der Waals surface area contributed by atoms with Gasteiger partial charge in [0.2, 0.25) is 0 Å². The van der Waals surface area contributed by atoms with Crippen molar-refractivity contribution in [2.45, 2.75) is 32.1 Å². The largest absolute Gasteiger partial charge is 0.461 e. The van der Waals surface area contributed by atoms with E-state index in [0.717, 1.165) is 6.42 Å². The van der Waals surface area contributed by atoms with Crippen LogP contribution in [0, 0.1) is 11.3 Å². The smallest absolute Gasteiger partial charge is 0.316 e. The van der Waals surface area contributed by atoms with Crippen molar-refractivity contribution in [1.29, 1.82) is 0 Å². The maximum absolute atomic E-state index is 11.7. The van der Waals surface area contributed by atoms with E-state index in [1.165, 1.54) is 31.3 Å². The predicted octanol–water partition coefficient (Wildman–Crippen LogP) is 2.61. The van der Waals surface area contributed by atoms with E-state index in [9.17, 15) is 4.79 Å². The molecule has 2 heteroatoms. The molecular formula is C13H16O2. The molecule has 0 amide bonds. The number of rotatable bonds is 1. The summed E-state index contributed by atoms with van der Waals surface area (Å²) in [6.45, 7) is 0.465. The fraction of sp³-hybridized carbons (Fsp3) is 0.615. The van der Waals surface area contributed by atoms with Crippen LogP contribution in [-0.2, 0) is 9.53 Å². The van der Waals surface area contributed by atoms with Crippen LogP contribution in [0.15, 0.2) is 23.8 Å². The summed E-state index contributed by atoms with van der Waals surface area (Å²) in [6.07, 6.45) is 12.4. The highest BCUT2D eigenvalue weighted by Crippen LogP contribution is 2.60. The predicted molar refractivity (Wildman–Crippen MR) is 57.2 cm³/mol. The van der Waals surface area contributed by atoms with E-state index in [1.807, 2.05) is 6.08 Å².